The van der Waals surface area contributed by atoms with Gasteiger partial charge in [0.2, 0.25) is 0 Å². The number of rotatable bonds is 3. The predicted molar refractivity (Wildman–Crippen MR) is 73.7 cm³/mol. The molecule has 0 aromatic heterocycles. The van der Waals surface area contributed by atoms with Crippen LogP contribution in [0, 0.1) is 0 Å². The highest BCUT2D eigenvalue weighted by Gasteiger charge is 2.36. The Hall–Kier alpha value is -1.73. The van der Waals surface area contributed by atoms with Crippen LogP contribution in [0.15, 0.2) is 53.4 Å². The Labute approximate surface area is 124 Å². The maximum absolute atomic E-state index is 12.9. The zero-order valence-corrected chi connectivity index (χ0v) is 11.9. The number of hydrogen-bond acceptors (Lipinski definition) is 2. The topological polar surface area (TPSA) is 46.2 Å². The molecule has 1 N–H and O–H groups in total. The lowest BCUT2D eigenvalue weighted by molar-refractivity contribution is -0.139. The highest BCUT2D eigenvalue weighted by molar-refractivity contribution is 7.92. The quantitative estimate of drug-likeness (QED) is 0.915. The molecule has 0 spiro atoms. The lowest BCUT2D eigenvalue weighted by atomic mass is 10.2. The van der Waals surface area contributed by atoms with Crippen molar-refractivity contribution in [3.05, 3.63) is 59.1 Å². The molecule has 21 heavy (non-hydrogen) atoms. The molecule has 0 aliphatic heterocycles. The largest absolute Gasteiger partial charge is 0.417 e. The van der Waals surface area contributed by atoms with E-state index in [0.717, 1.165) is 12.1 Å². The number of nitrogens with one attached hydrogen (secondary N) is 1. The fourth-order valence-corrected chi connectivity index (χ4v) is 3.23. The van der Waals surface area contributed by atoms with Crippen molar-refractivity contribution in [1.82, 2.24) is 0 Å². The van der Waals surface area contributed by atoms with E-state index in [0.29, 0.717) is 6.07 Å². The molecule has 0 radical (unpaired) electrons. The lowest BCUT2D eigenvalue weighted by Crippen LogP contribution is -2.19. The van der Waals surface area contributed by atoms with E-state index >= 15 is 0 Å². The van der Waals surface area contributed by atoms with Gasteiger partial charge in [-0.1, -0.05) is 35.9 Å². The molecule has 0 unspecified atom stereocenters. The minimum absolute atomic E-state index is 0.0103. The third kappa shape index (κ3) is 3.48. The van der Waals surface area contributed by atoms with Gasteiger partial charge in [0.1, 0.15) is 0 Å². The van der Waals surface area contributed by atoms with E-state index in [9.17, 15) is 21.6 Å². The van der Waals surface area contributed by atoms with Gasteiger partial charge in [-0.3, -0.25) is 4.72 Å². The maximum atomic E-state index is 12.9. The van der Waals surface area contributed by atoms with E-state index in [1.54, 1.807) is 6.07 Å². The Kier molecular flexibility index (Phi) is 4.15. The van der Waals surface area contributed by atoms with E-state index in [4.69, 9.17) is 11.6 Å². The molecule has 3 nitrogen and oxygen atoms in total. The third-order valence-electron chi connectivity index (χ3n) is 2.60. The Balaban J connectivity index is 2.49. The summed E-state index contributed by atoms with van der Waals surface area (Å²) in [7, 11) is -4.40. The van der Waals surface area contributed by atoms with Crippen molar-refractivity contribution in [3.63, 3.8) is 0 Å². The van der Waals surface area contributed by atoms with Gasteiger partial charge in [-0.2, -0.15) is 13.2 Å². The second kappa shape index (κ2) is 5.57. The van der Waals surface area contributed by atoms with Crippen molar-refractivity contribution in [2.75, 3.05) is 4.72 Å². The van der Waals surface area contributed by atoms with Crippen LogP contribution in [0.1, 0.15) is 5.56 Å². The number of hydrogen-bond donors (Lipinski definition) is 1. The number of halogens is 4. The average Bonchev–Trinajstić information content (AvgIpc) is 2.40. The maximum Gasteiger partial charge on any atom is 0.417 e. The summed E-state index contributed by atoms with van der Waals surface area (Å²) in [5, 5.41) is 0.0885. The fraction of sp³-hybridized carbons (Fsp3) is 0.0769. The van der Waals surface area contributed by atoms with Crippen molar-refractivity contribution >= 4 is 27.3 Å². The van der Waals surface area contributed by atoms with Gasteiger partial charge in [0.25, 0.3) is 10.0 Å². The molecule has 2 aromatic carbocycles. The molecule has 0 saturated carbocycles. The molecule has 0 aliphatic rings. The van der Waals surface area contributed by atoms with Gasteiger partial charge < -0.3 is 0 Å². The minimum atomic E-state index is -4.77. The molecule has 0 heterocycles. The first-order valence-electron chi connectivity index (χ1n) is 5.65. The van der Waals surface area contributed by atoms with Crippen LogP contribution in [-0.2, 0) is 16.2 Å². The highest BCUT2D eigenvalue weighted by Crippen LogP contribution is 2.35. The monoisotopic (exact) mass is 335 g/mol. The number of sulfonamides is 1. The Bertz CT molecular complexity index is 760. The smallest absolute Gasteiger partial charge is 0.278 e. The Morgan fingerprint density at radius 2 is 1.52 bits per heavy atom. The third-order valence-corrected chi connectivity index (χ3v) is 4.35. The highest BCUT2D eigenvalue weighted by atomic mass is 35.5. The number of benzene rings is 2. The van der Waals surface area contributed by atoms with Crippen molar-refractivity contribution in [2.45, 2.75) is 11.1 Å². The van der Waals surface area contributed by atoms with Crippen molar-refractivity contribution in [1.29, 1.82) is 0 Å². The van der Waals surface area contributed by atoms with Crippen molar-refractivity contribution in [3.8, 4) is 0 Å². The normalized spacial score (nSPS) is 12.2. The molecule has 0 atom stereocenters. The minimum Gasteiger partial charge on any atom is -0.278 e. The first-order chi connectivity index (χ1) is 9.72. The second-order valence-corrected chi connectivity index (χ2v) is 6.14. The summed E-state index contributed by atoms with van der Waals surface area (Å²) in [6, 6.07) is 9.81. The molecule has 0 fully saturated rings. The first-order valence-corrected chi connectivity index (χ1v) is 7.51. The van der Waals surface area contributed by atoms with Gasteiger partial charge in [0, 0.05) is 0 Å². The van der Waals surface area contributed by atoms with E-state index in [2.05, 4.69) is 4.72 Å². The van der Waals surface area contributed by atoms with Crippen molar-refractivity contribution < 1.29 is 21.6 Å². The predicted octanol–water partition coefficient (Wildman–Crippen LogP) is 4.16. The molecule has 2 aromatic rings. The summed E-state index contributed by atoms with van der Waals surface area (Å²) in [6.45, 7) is 0. The molecule has 0 amide bonds. The molecular weight excluding hydrogens is 327 g/mol. The Morgan fingerprint density at radius 1 is 0.952 bits per heavy atom. The molecule has 0 saturated heterocycles. The van der Waals surface area contributed by atoms with Gasteiger partial charge >= 0.3 is 6.18 Å². The SMILES string of the molecule is O=S(=O)(Nc1ccccc1Cl)c1ccccc1C(F)(F)F. The zero-order chi connectivity index (χ0) is 15.7. The summed E-state index contributed by atoms with van der Waals surface area (Å²) in [5.41, 5.74) is -1.22. The van der Waals surface area contributed by atoms with E-state index < -0.39 is 26.7 Å². The number of para-hydroxylation sites is 1. The summed E-state index contributed by atoms with van der Waals surface area (Å²) in [4.78, 5) is -0.850. The summed E-state index contributed by atoms with van der Waals surface area (Å²) in [6.07, 6.45) is -4.77. The van der Waals surface area contributed by atoms with Gasteiger partial charge in [0.15, 0.2) is 0 Å². The van der Waals surface area contributed by atoms with Gasteiger partial charge in [0.05, 0.1) is 21.2 Å². The summed E-state index contributed by atoms with van der Waals surface area (Å²) < 4.78 is 65.0. The first kappa shape index (κ1) is 15.7. The molecular formula is C13H9ClF3NO2S. The van der Waals surface area contributed by atoms with E-state index in [1.165, 1.54) is 24.3 Å². The van der Waals surface area contributed by atoms with Crippen LogP contribution in [0.5, 0.6) is 0 Å². The van der Waals surface area contributed by atoms with Crippen LogP contribution in [0.2, 0.25) is 5.02 Å². The molecule has 8 heteroatoms. The van der Waals surface area contributed by atoms with Crippen LogP contribution >= 0.6 is 11.6 Å². The van der Waals surface area contributed by atoms with Crippen LogP contribution < -0.4 is 4.72 Å². The molecule has 112 valence electrons. The standard InChI is InChI=1S/C13H9ClF3NO2S/c14-10-6-2-3-7-11(10)18-21(19,20)12-8-4-1-5-9(12)13(15,16)17/h1-8,18H. The van der Waals surface area contributed by atoms with Gasteiger partial charge in [-0.25, -0.2) is 8.42 Å². The fourth-order valence-electron chi connectivity index (χ4n) is 1.68. The lowest BCUT2D eigenvalue weighted by Gasteiger charge is -2.14. The average molecular weight is 336 g/mol. The molecule has 0 bridgehead atoms. The number of anilines is 1. The molecule has 0 aliphatic carbocycles. The van der Waals surface area contributed by atoms with E-state index in [1.807, 2.05) is 0 Å². The van der Waals surface area contributed by atoms with Crippen molar-refractivity contribution in [2.24, 2.45) is 0 Å². The number of alkyl halides is 3. The van der Waals surface area contributed by atoms with E-state index in [-0.39, 0.29) is 10.7 Å². The summed E-state index contributed by atoms with van der Waals surface area (Å²) in [5.74, 6) is 0. The van der Waals surface area contributed by atoms with Crippen LogP contribution in [0.25, 0.3) is 0 Å². The van der Waals surface area contributed by atoms with Gasteiger partial charge in [-0.15, -0.1) is 0 Å². The zero-order valence-electron chi connectivity index (χ0n) is 10.4. The summed E-state index contributed by atoms with van der Waals surface area (Å²) >= 11 is 5.80. The van der Waals surface area contributed by atoms with Crippen LogP contribution in [-0.4, -0.2) is 8.42 Å². The van der Waals surface area contributed by atoms with Crippen LogP contribution in [0.3, 0.4) is 0 Å². The molecule has 2 rings (SSSR count). The van der Waals surface area contributed by atoms with Gasteiger partial charge in [-0.05, 0) is 24.3 Å². The Morgan fingerprint density at radius 3 is 2.14 bits per heavy atom. The second-order valence-electron chi connectivity index (χ2n) is 4.08. The van der Waals surface area contributed by atoms with Crippen LogP contribution in [0.4, 0.5) is 18.9 Å².